The Hall–Kier alpha value is -3.36. The fourth-order valence-corrected chi connectivity index (χ4v) is 5.44. The number of nitrogens with zero attached hydrogens (tertiary/aromatic N) is 1. The number of ether oxygens (including phenoxy) is 3. The number of fused-ring (bicyclic) bond motifs is 1. The van der Waals surface area contributed by atoms with Crippen LogP contribution in [-0.4, -0.2) is 57.7 Å². The molecule has 0 spiro atoms. The van der Waals surface area contributed by atoms with E-state index in [2.05, 4.69) is 5.32 Å². The van der Waals surface area contributed by atoms with E-state index < -0.39 is 12.0 Å². The summed E-state index contributed by atoms with van der Waals surface area (Å²) >= 11 is 1.55. The molecule has 0 unspecified atom stereocenters. The molecule has 1 N–H and O–H groups in total. The van der Waals surface area contributed by atoms with Crippen LogP contribution in [0.25, 0.3) is 0 Å². The van der Waals surface area contributed by atoms with Gasteiger partial charge in [-0.2, -0.15) is 0 Å². The van der Waals surface area contributed by atoms with Crippen molar-refractivity contribution >= 4 is 23.2 Å². The van der Waals surface area contributed by atoms with Gasteiger partial charge >= 0.3 is 0 Å². The van der Waals surface area contributed by atoms with Gasteiger partial charge in [-0.25, -0.2) is 0 Å². The van der Waals surface area contributed by atoms with E-state index in [1.54, 1.807) is 43.6 Å². The quantitative estimate of drug-likeness (QED) is 0.460. The van der Waals surface area contributed by atoms with Crippen LogP contribution in [0.3, 0.4) is 0 Å². The normalized spacial score (nSPS) is 17.1. The maximum Gasteiger partial charge on any atom is 0.254 e. The van der Waals surface area contributed by atoms with Gasteiger partial charge < -0.3 is 24.4 Å². The van der Waals surface area contributed by atoms with Crippen LogP contribution in [0.4, 0.5) is 0 Å². The molecule has 184 valence electrons. The number of nitrogens with one attached hydrogen (secondary N) is 1. The molecule has 0 aliphatic carbocycles. The first-order valence-corrected chi connectivity index (χ1v) is 12.4. The van der Waals surface area contributed by atoms with Gasteiger partial charge in [0, 0.05) is 30.6 Å². The summed E-state index contributed by atoms with van der Waals surface area (Å²) in [6.45, 7) is 1.25. The average Bonchev–Trinajstić information content (AvgIpc) is 3.42. The summed E-state index contributed by atoms with van der Waals surface area (Å²) in [4.78, 5) is 29.9. The molecule has 2 amide bonds. The molecule has 8 heteroatoms. The number of thiophene rings is 1. The van der Waals surface area contributed by atoms with Crippen LogP contribution in [0.1, 0.15) is 38.3 Å². The summed E-state index contributed by atoms with van der Waals surface area (Å²) in [5, 5.41) is 5.09. The van der Waals surface area contributed by atoms with E-state index in [0.717, 1.165) is 16.0 Å². The Morgan fingerprint density at radius 1 is 1.03 bits per heavy atom. The minimum Gasteiger partial charge on any atom is -0.493 e. The third-order valence-electron chi connectivity index (χ3n) is 6.25. The molecular formula is C27H30N2O5S. The second-order valence-corrected chi connectivity index (χ2v) is 9.23. The van der Waals surface area contributed by atoms with Gasteiger partial charge in [0.1, 0.15) is 0 Å². The molecule has 2 heterocycles. The fourth-order valence-electron chi connectivity index (χ4n) is 4.56. The summed E-state index contributed by atoms with van der Waals surface area (Å²) in [7, 11) is 4.82. The van der Waals surface area contributed by atoms with Crippen molar-refractivity contribution in [3.8, 4) is 11.5 Å². The van der Waals surface area contributed by atoms with Gasteiger partial charge in [0.25, 0.3) is 5.91 Å². The van der Waals surface area contributed by atoms with E-state index in [4.69, 9.17) is 14.2 Å². The molecule has 0 radical (unpaired) electrons. The molecule has 35 heavy (non-hydrogen) atoms. The maximum atomic E-state index is 13.7. The Bertz CT molecular complexity index is 1160. The molecule has 0 bridgehead atoms. The van der Waals surface area contributed by atoms with Crippen molar-refractivity contribution in [3.63, 3.8) is 0 Å². The lowest BCUT2D eigenvalue weighted by Gasteiger charge is -2.41. The zero-order chi connectivity index (χ0) is 24.8. The van der Waals surface area contributed by atoms with Crippen LogP contribution < -0.4 is 14.8 Å². The van der Waals surface area contributed by atoms with Gasteiger partial charge in [-0.15, -0.1) is 11.3 Å². The van der Waals surface area contributed by atoms with Crippen LogP contribution in [0.2, 0.25) is 0 Å². The van der Waals surface area contributed by atoms with Crippen molar-refractivity contribution in [2.24, 2.45) is 0 Å². The standard InChI is InChI=1S/C27H30N2O5S/c1-32-15-14-29-25(23-9-6-16-35-23)24(19-7-4-5-8-20(19)27(29)31)26(30)28-13-12-18-10-11-21(33-2)22(17-18)34-3/h4-11,16-17,24-25H,12-15H2,1-3H3,(H,28,30)/t24-,25+/m1/s1. The highest BCUT2D eigenvalue weighted by atomic mass is 32.1. The van der Waals surface area contributed by atoms with Crippen molar-refractivity contribution in [3.05, 3.63) is 81.5 Å². The molecule has 0 saturated heterocycles. The van der Waals surface area contributed by atoms with Gasteiger partial charge in [0.2, 0.25) is 5.91 Å². The molecule has 3 aromatic rings. The van der Waals surface area contributed by atoms with Gasteiger partial charge in [0.05, 0.1) is 32.8 Å². The van der Waals surface area contributed by atoms with Crippen molar-refractivity contribution in [1.82, 2.24) is 10.2 Å². The molecule has 1 aliphatic rings. The minimum absolute atomic E-state index is 0.0783. The highest BCUT2D eigenvalue weighted by Gasteiger charge is 2.44. The Morgan fingerprint density at radius 2 is 1.83 bits per heavy atom. The van der Waals surface area contributed by atoms with Crippen LogP contribution in [0, 0.1) is 0 Å². The average molecular weight is 495 g/mol. The number of carbonyl (C=O) groups is 2. The number of methoxy groups -OCH3 is 3. The third kappa shape index (κ3) is 5.18. The lowest BCUT2D eigenvalue weighted by molar-refractivity contribution is -0.124. The molecule has 1 aliphatic heterocycles. The topological polar surface area (TPSA) is 77.1 Å². The first-order chi connectivity index (χ1) is 17.1. The van der Waals surface area contributed by atoms with E-state index >= 15 is 0 Å². The molecule has 7 nitrogen and oxygen atoms in total. The first-order valence-electron chi connectivity index (χ1n) is 11.5. The smallest absolute Gasteiger partial charge is 0.254 e. The number of rotatable bonds is 10. The molecule has 0 saturated carbocycles. The zero-order valence-corrected chi connectivity index (χ0v) is 21.0. The summed E-state index contributed by atoms with van der Waals surface area (Å²) in [6.07, 6.45) is 0.635. The molecule has 4 rings (SSSR count). The Morgan fingerprint density at radius 3 is 2.54 bits per heavy atom. The molecular weight excluding hydrogens is 464 g/mol. The zero-order valence-electron chi connectivity index (χ0n) is 20.2. The predicted octanol–water partition coefficient (Wildman–Crippen LogP) is 4.05. The summed E-state index contributed by atoms with van der Waals surface area (Å²) in [5.41, 5.74) is 2.35. The van der Waals surface area contributed by atoms with E-state index in [1.807, 2.05) is 53.9 Å². The monoisotopic (exact) mass is 494 g/mol. The molecule has 1 aromatic heterocycles. The van der Waals surface area contributed by atoms with Crippen molar-refractivity contribution in [2.75, 3.05) is 41.0 Å². The van der Waals surface area contributed by atoms with Gasteiger partial charge in [-0.05, 0) is 47.2 Å². The number of hydrogen-bond acceptors (Lipinski definition) is 6. The van der Waals surface area contributed by atoms with E-state index in [1.165, 1.54) is 0 Å². The highest BCUT2D eigenvalue weighted by Crippen LogP contribution is 2.44. The third-order valence-corrected chi connectivity index (χ3v) is 7.20. The number of benzene rings is 2. The Balaban J connectivity index is 1.59. The summed E-state index contributed by atoms with van der Waals surface area (Å²) in [6, 6.07) is 16.7. The largest absolute Gasteiger partial charge is 0.493 e. The minimum atomic E-state index is -0.523. The molecule has 0 fully saturated rings. The maximum absolute atomic E-state index is 13.7. The van der Waals surface area contributed by atoms with Gasteiger partial charge in [-0.1, -0.05) is 30.3 Å². The van der Waals surface area contributed by atoms with Crippen LogP contribution >= 0.6 is 11.3 Å². The molecule has 2 atom stereocenters. The van der Waals surface area contributed by atoms with Crippen molar-refractivity contribution < 1.29 is 23.8 Å². The number of carbonyl (C=O) groups excluding carboxylic acids is 2. The second kappa shape index (κ2) is 11.4. The van der Waals surface area contributed by atoms with Crippen molar-refractivity contribution in [2.45, 2.75) is 18.4 Å². The van der Waals surface area contributed by atoms with Crippen LogP contribution in [0.5, 0.6) is 11.5 Å². The van der Waals surface area contributed by atoms with E-state index in [-0.39, 0.29) is 11.8 Å². The number of hydrogen-bond donors (Lipinski definition) is 1. The fraction of sp³-hybridized carbons (Fsp3) is 0.333. The van der Waals surface area contributed by atoms with Crippen molar-refractivity contribution in [1.29, 1.82) is 0 Å². The lowest BCUT2D eigenvalue weighted by atomic mass is 9.81. The Labute approximate surface area is 209 Å². The van der Waals surface area contributed by atoms with Crippen LogP contribution in [-0.2, 0) is 16.0 Å². The number of amides is 2. The SMILES string of the molecule is COCCN1C(=O)c2ccccc2[C@@H](C(=O)NCCc2ccc(OC)c(OC)c2)[C@@H]1c1cccs1. The summed E-state index contributed by atoms with van der Waals surface area (Å²) < 4.78 is 16.0. The Kier molecular flexibility index (Phi) is 8.05. The first kappa shape index (κ1) is 24.8. The predicted molar refractivity (Wildman–Crippen MR) is 135 cm³/mol. The second-order valence-electron chi connectivity index (χ2n) is 8.25. The van der Waals surface area contributed by atoms with E-state index in [0.29, 0.717) is 43.2 Å². The lowest BCUT2D eigenvalue weighted by Crippen LogP contribution is -2.48. The van der Waals surface area contributed by atoms with E-state index in [9.17, 15) is 9.59 Å². The summed E-state index contributed by atoms with van der Waals surface area (Å²) in [5.74, 6) is 0.614. The van der Waals surface area contributed by atoms with Gasteiger partial charge in [-0.3, -0.25) is 9.59 Å². The highest BCUT2D eigenvalue weighted by molar-refractivity contribution is 7.10. The van der Waals surface area contributed by atoms with Gasteiger partial charge in [0.15, 0.2) is 11.5 Å². The molecule has 2 aromatic carbocycles. The van der Waals surface area contributed by atoms with Crippen LogP contribution in [0.15, 0.2) is 60.0 Å².